The van der Waals surface area contributed by atoms with E-state index in [9.17, 15) is 4.79 Å². The number of aromatic nitrogens is 1. The summed E-state index contributed by atoms with van der Waals surface area (Å²) in [4.78, 5) is 15.2. The van der Waals surface area contributed by atoms with Gasteiger partial charge in [0.15, 0.2) is 0 Å². The van der Waals surface area contributed by atoms with Gasteiger partial charge in [0, 0.05) is 20.1 Å². The number of anilines is 2. The van der Waals surface area contributed by atoms with E-state index in [1.54, 1.807) is 19.2 Å². The predicted octanol–water partition coefficient (Wildman–Crippen LogP) is 1.45. The van der Waals surface area contributed by atoms with E-state index in [0.717, 1.165) is 0 Å². The maximum Gasteiger partial charge on any atom is 0.224 e. The molecule has 0 aliphatic carbocycles. The zero-order valence-electron chi connectivity index (χ0n) is 9.10. The molecular formula is C10H16ClN3O2. The number of amides is 1. The Hall–Kier alpha value is -1.33. The number of nitrogens with zero attached hydrogens (tertiary/aromatic N) is 1. The summed E-state index contributed by atoms with van der Waals surface area (Å²) in [5.74, 6) is 0.394. The minimum atomic E-state index is -0.0429. The topological polar surface area (TPSA) is 77.2 Å². The number of ether oxygens (including phenoxy) is 1. The van der Waals surface area contributed by atoms with Gasteiger partial charge in [0.05, 0.1) is 11.9 Å². The summed E-state index contributed by atoms with van der Waals surface area (Å²) in [5.41, 5.74) is 6.07. The van der Waals surface area contributed by atoms with Gasteiger partial charge >= 0.3 is 0 Å². The van der Waals surface area contributed by atoms with E-state index in [-0.39, 0.29) is 18.3 Å². The molecule has 16 heavy (non-hydrogen) atoms. The highest BCUT2D eigenvalue weighted by Gasteiger charge is 2.01. The van der Waals surface area contributed by atoms with Gasteiger partial charge in [-0.1, -0.05) is 0 Å². The number of nitrogen functional groups attached to an aromatic ring is 1. The molecule has 1 aromatic heterocycles. The van der Waals surface area contributed by atoms with E-state index in [4.69, 9.17) is 10.5 Å². The SMILES string of the molecule is COCCCC(=O)Nc1ccc(N)nc1.Cl. The highest BCUT2D eigenvalue weighted by Crippen LogP contribution is 2.07. The van der Waals surface area contributed by atoms with Crippen LogP contribution in [-0.4, -0.2) is 24.6 Å². The lowest BCUT2D eigenvalue weighted by Gasteiger charge is -2.04. The van der Waals surface area contributed by atoms with Crippen LogP contribution in [0.5, 0.6) is 0 Å². The van der Waals surface area contributed by atoms with Gasteiger partial charge in [-0.05, 0) is 18.6 Å². The number of hydrogen-bond donors (Lipinski definition) is 2. The largest absolute Gasteiger partial charge is 0.385 e. The van der Waals surface area contributed by atoms with E-state index >= 15 is 0 Å². The van der Waals surface area contributed by atoms with Gasteiger partial charge in [-0.25, -0.2) is 4.98 Å². The normalized spacial score (nSPS) is 9.31. The van der Waals surface area contributed by atoms with Gasteiger partial charge in [-0.15, -0.1) is 12.4 Å². The molecule has 0 atom stereocenters. The molecular weight excluding hydrogens is 230 g/mol. The van der Waals surface area contributed by atoms with E-state index in [0.29, 0.717) is 31.0 Å². The molecule has 0 saturated heterocycles. The Kier molecular flexibility index (Phi) is 7.24. The quantitative estimate of drug-likeness (QED) is 0.770. The monoisotopic (exact) mass is 245 g/mol. The lowest BCUT2D eigenvalue weighted by Crippen LogP contribution is -2.12. The summed E-state index contributed by atoms with van der Waals surface area (Å²) >= 11 is 0. The zero-order chi connectivity index (χ0) is 11.1. The van der Waals surface area contributed by atoms with Crippen LogP contribution in [0.3, 0.4) is 0 Å². The number of nitrogens with one attached hydrogen (secondary N) is 1. The van der Waals surface area contributed by atoms with Gasteiger partial charge in [-0.2, -0.15) is 0 Å². The molecule has 1 heterocycles. The number of nitrogens with two attached hydrogens (primary N) is 1. The molecule has 1 rings (SSSR count). The van der Waals surface area contributed by atoms with Crippen molar-refractivity contribution in [2.24, 2.45) is 0 Å². The Morgan fingerprint density at radius 3 is 2.88 bits per heavy atom. The third-order valence-electron chi connectivity index (χ3n) is 1.82. The van der Waals surface area contributed by atoms with Crippen LogP contribution in [-0.2, 0) is 9.53 Å². The highest BCUT2D eigenvalue weighted by molar-refractivity contribution is 5.90. The summed E-state index contributed by atoms with van der Waals surface area (Å²) in [7, 11) is 1.61. The summed E-state index contributed by atoms with van der Waals surface area (Å²) < 4.78 is 4.85. The second-order valence-corrected chi connectivity index (χ2v) is 3.12. The van der Waals surface area contributed by atoms with Crippen LogP contribution in [0.1, 0.15) is 12.8 Å². The number of methoxy groups -OCH3 is 1. The molecule has 3 N–H and O–H groups in total. The standard InChI is InChI=1S/C10H15N3O2.ClH/c1-15-6-2-3-10(14)13-8-4-5-9(11)12-7-8;/h4-5,7H,2-3,6H2,1H3,(H2,11,12)(H,13,14);1H. The molecule has 5 nitrogen and oxygen atoms in total. The van der Waals surface area contributed by atoms with Crippen LogP contribution in [0.25, 0.3) is 0 Å². The van der Waals surface area contributed by atoms with Gasteiger partial charge in [0.25, 0.3) is 0 Å². The molecule has 1 amide bonds. The lowest BCUT2D eigenvalue weighted by molar-refractivity contribution is -0.116. The molecule has 0 saturated carbocycles. The third kappa shape index (κ3) is 5.53. The molecule has 0 radical (unpaired) electrons. The molecule has 0 aliphatic rings. The van der Waals surface area contributed by atoms with Gasteiger partial charge in [0.2, 0.25) is 5.91 Å². The van der Waals surface area contributed by atoms with Crippen LogP contribution in [0.15, 0.2) is 18.3 Å². The Bertz CT molecular complexity index is 316. The Morgan fingerprint density at radius 2 is 2.31 bits per heavy atom. The van der Waals surface area contributed by atoms with Crippen molar-refractivity contribution in [2.75, 3.05) is 24.8 Å². The van der Waals surface area contributed by atoms with E-state index in [1.807, 2.05) is 0 Å². The second-order valence-electron chi connectivity index (χ2n) is 3.12. The number of carbonyl (C=O) groups is 1. The molecule has 6 heteroatoms. The molecule has 1 aromatic rings. The number of carbonyl (C=O) groups excluding carboxylic acids is 1. The van der Waals surface area contributed by atoms with E-state index < -0.39 is 0 Å². The van der Waals surface area contributed by atoms with Crippen molar-refractivity contribution in [1.82, 2.24) is 4.98 Å². The molecule has 0 spiro atoms. The average Bonchev–Trinajstić information content (AvgIpc) is 2.22. The average molecular weight is 246 g/mol. The van der Waals surface area contributed by atoms with Gasteiger partial charge in [-0.3, -0.25) is 4.79 Å². The van der Waals surface area contributed by atoms with E-state index in [2.05, 4.69) is 10.3 Å². The number of hydrogen-bond acceptors (Lipinski definition) is 4. The zero-order valence-corrected chi connectivity index (χ0v) is 9.92. The predicted molar refractivity (Wildman–Crippen MR) is 65.6 cm³/mol. The first-order chi connectivity index (χ1) is 7.22. The molecule has 0 aromatic carbocycles. The Morgan fingerprint density at radius 1 is 1.56 bits per heavy atom. The summed E-state index contributed by atoms with van der Waals surface area (Å²) in [5, 5.41) is 2.72. The van der Waals surface area contributed by atoms with Crippen LogP contribution in [0.2, 0.25) is 0 Å². The van der Waals surface area contributed by atoms with Crippen molar-refractivity contribution in [3.05, 3.63) is 18.3 Å². The highest BCUT2D eigenvalue weighted by atomic mass is 35.5. The smallest absolute Gasteiger partial charge is 0.224 e. The Labute approximate surface area is 101 Å². The van der Waals surface area contributed by atoms with Crippen molar-refractivity contribution in [1.29, 1.82) is 0 Å². The third-order valence-corrected chi connectivity index (χ3v) is 1.82. The maximum absolute atomic E-state index is 11.3. The Balaban J connectivity index is 0.00000225. The molecule has 0 fully saturated rings. The number of pyridine rings is 1. The van der Waals surface area contributed by atoms with E-state index in [1.165, 1.54) is 6.20 Å². The van der Waals surface area contributed by atoms with Crippen LogP contribution in [0, 0.1) is 0 Å². The summed E-state index contributed by atoms with van der Waals surface area (Å²) in [6, 6.07) is 3.36. The maximum atomic E-state index is 11.3. The fraction of sp³-hybridized carbons (Fsp3) is 0.400. The van der Waals surface area contributed by atoms with Gasteiger partial charge in [0.1, 0.15) is 5.82 Å². The number of rotatable bonds is 5. The fourth-order valence-corrected chi connectivity index (χ4v) is 1.08. The van der Waals surface area contributed by atoms with Crippen molar-refractivity contribution in [3.63, 3.8) is 0 Å². The van der Waals surface area contributed by atoms with Crippen molar-refractivity contribution in [3.8, 4) is 0 Å². The van der Waals surface area contributed by atoms with Crippen LogP contribution < -0.4 is 11.1 Å². The van der Waals surface area contributed by atoms with Crippen molar-refractivity contribution in [2.45, 2.75) is 12.8 Å². The minimum Gasteiger partial charge on any atom is -0.385 e. The molecule has 0 bridgehead atoms. The minimum absolute atomic E-state index is 0. The fourth-order valence-electron chi connectivity index (χ4n) is 1.08. The second kappa shape index (κ2) is 7.90. The molecule has 0 unspecified atom stereocenters. The first-order valence-corrected chi connectivity index (χ1v) is 4.72. The van der Waals surface area contributed by atoms with Crippen molar-refractivity contribution >= 4 is 29.8 Å². The summed E-state index contributed by atoms with van der Waals surface area (Å²) in [6.07, 6.45) is 2.69. The van der Waals surface area contributed by atoms with Crippen molar-refractivity contribution < 1.29 is 9.53 Å². The first kappa shape index (κ1) is 14.7. The lowest BCUT2D eigenvalue weighted by atomic mass is 10.3. The molecule has 90 valence electrons. The van der Waals surface area contributed by atoms with Gasteiger partial charge < -0.3 is 15.8 Å². The number of halogens is 1. The van der Waals surface area contributed by atoms with Crippen LogP contribution in [0.4, 0.5) is 11.5 Å². The first-order valence-electron chi connectivity index (χ1n) is 4.72. The molecule has 0 aliphatic heterocycles. The van der Waals surface area contributed by atoms with Crippen LogP contribution >= 0.6 is 12.4 Å². The summed E-state index contributed by atoms with van der Waals surface area (Å²) in [6.45, 7) is 0.591.